The number of aryl methyl sites for hydroxylation is 1. The fourth-order valence-corrected chi connectivity index (χ4v) is 1.29. The van der Waals surface area contributed by atoms with Gasteiger partial charge in [-0.2, -0.15) is 0 Å². The number of benzene rings is 1. The van der Waals surface area contributed by atoms with Gasteiger partial charge in [-0.1, -0.05) is 46.8 Å². The zero-order valence-corrected chi connectivity index (χ0v) is 13.3. The Hall–Kier alpha value is -1.35. The van der Waals surface area contributed by atoms with E-state index in [2.05, 4.69) is 17.6 Å². The summed E-state index contributed by atoms with van der Waals surface area (Å²) in [5.74, 6) is 0.0496. The molecule has 0 aromatic heterocycles. The maximum absolute atomic E-state index is 11.4. The summed E-state index contributed by atoms with van der Waals surface area (Å²) in [5.41, 5.74) is 2.15. The lowest BCUT2D eigenvalue weighted by molar-refractivity contribution is -0.116. The van der Waals surface area contributed by atoms with Gasteiger partial charge in [0, 0.05) is 18.7 Å². The Morgan fingerprint density at radius 2 is 1.58 bits per heavy atom. The maximum Gasteiger partial charge on any atom is 0.225 e. The summed E-state index contributed by atoms with van der Waals surface area (Å²) in [6.07, 6.45) is 1.53. The number of carbonyl (C=O) groups is 1. The highest BCUT2D eigenvalue weighted by atomic mass is 16.1. The van der Waals surface area contributed by atoms with Crippen molar-refractivity contribution in [3.8, 4) is 0 Å². The van der Waals surface area contributed by atoms with Crippen LogP contribution in [0.3, 0.4) is 0 Å². The molecule has 2 N–H and O–H groups in total. The van der Waals surface area contributed by atoms with Gasteiger partial charge in [0.1, 0.15) is 0 Å². The molecule has 1 aromatic rings. The molecule has 0 saturated heterocycles. The van der Waals surface area contributed by atoms with Crippen LogP contribution >= 0.6 is 0 Å². The van der Waals surface area contributed by atoms with E-state index < -0.39 is 0 Å². The lowest BCUT2D eigenvalue weighted by Crippen LogP contribution is -2.18. The van der Waals surface area contributed by atoms with E-state index in [-0.39, 0.29) is 5.91 Å². The zero-order valence-electron chi connectivity index (χ0n) is 13.3. The Morgan fingerprint density at radius 3 is 2.00 bits per heavy atom. The molecular formula is C16H30N2O. The molecule has 0 aliphatic heterocycles. The van der Waals surface area contributed by atoms with Crippen LogP contribution in [0.2, 0.25) is 0 Å². The molecule has 0 aliphatic carbocycles. The van der Waals surface area contributed by atoms with Crippen LogP contribution in [0.4, 0.5) is 5.69 Å². The van der Waals surface area contributed by atoms with Crippen molar-refractivity contribution in [2.45, 2.75) is 47.5 Å². The van der Waals surface area contributed by atoms with Gasteiger partial charge in [-0.15, -0.1) is 0 Å². The van der Waals surface area contributed by atoms with Crippen molar-refractivity contribution >= 4 is 11.6 Å². The molecular weight excluding hydrogens is 236 g/mol. The monoisotopic (exact) mass is 266 g/mol. The number of hydrogen-bond acceptors (Lipinski definition) is 2. The fraction of sp³-hybridized carbons (Fsp3) is 0.562. The van der Waals surface area contributed by atoms with E-state index in [1.54, 1.807) is 0 Å². The topological polar surface area (TPSA) is 41.1 Å². The predicted molar refractivity (Wildman–Crippen MR) is 85.7 cm³/mol. The Bertz CT molecular complexity index is 307. The first-order valence-electron chi connectivity index (χ1n) is 7.29. The van der Waals surface area contributed by atoms with Crippen LogP contribution in [0, 0.1) is 0 Å². The molecule has 0 radical (unpaired) electrons. The van der Waals surface area contributed by atoms with Crippen molar-refractivity contribution in [2.75, 3.05) is 18.9 Å². The highest BCUT2D eigenvalue weighted by molar-refractivity contribution is 5.90. The highest BCUT2D eigenvalue weighted by Gasteiger charge is 2.00. The van der Waals surface area contributed by atoms with Crippen molar-refractivity contribution in [3.63, 3.8) is 0 Å². The van der Waals surface area contributed by atoms with Crippen molar-refractivity contribution in [1.82, 2.24) is 5.32 Å². The Kier molecular flexibility index (Phi) is 15.5. The molecule has 1 rings (SSSR count). The second kappa shape index (κ2) is 14.7. The van der Waals surface area contributed by atoms with Gasteiger partial charge >= 0.3 is 0 Å². The van der Waals surface area contributed by atoms with E-state index in [4.69, 9.17) is 0 Å². The molecule has 0 fully saturated rings. The molecule has 0 bridgehead atoms. The van der Waals surface area contributed by atoms with Gasteiger partial charge < -0.3 is 10.6 Å². The molecule has 0 spiro atoms. The summed E-state index contributed by atoms with van der Waals surface area (Å²) in [7, 11) is 1.84. The SMILES string of the molecule is CC.CC.CCc1ccc(NC(=O)CCNC)cc1. The molecule has 110 valence electrons. The third-order valence-electron chi connectivity index (χ3n) is 2.25. The molecule has 0 aliphatic rings. The molecule has 1 amide bonds. The van der Waals surface area contributed by atoms with E-state index in [0.29, 0.717) is 13.0 Å². The first-order valence-corrected chi connectivity index (χ1v) is 7.29. The molecule has 0 heterocycles. The quantitative estimate of drug-likeness (QED) is 0.850. The Morgan fingerprint density at radius 1 is 1.05 bits per heavy atom. The van der Waals surface area contributed by atoms with Crippen molar-refractivity contribution in [2.24, 2.45) is 0 Å². The molecule has 0 saturated carbocycles. The van der Waals surface area contributed by atoms with E-state index in [1.165, 1.54) is 5.56 Å². The molecule has 3 nitrogen and oxygen atoms in total. The largest absolute Gasteiger partial charge is 0.326 e. The van der Waals surface area contributed by atoms with Crippen LogP contribution in [0.5, 0.6) is 0 Å². The number of nitrogens with one attached hydrogen (secondary N) is 2. The van der Waals surface area contributed by atoms with Crippen molar-refractivity contribution in [3.05, 3.63) is 29.8 Å². The lowest BCUT2D eigenvalue weighted by Gasteiger charge is -2.05. The number of anilines is 1. The number of carbonyl (C=O) groups excluding carboxylic acids is 1. The second-order valence-corrected chi connectivity index (χ2v) is 3.45. The summed E-state index contributed by atoms with van der Waals surface area (Å²) in [6, 6.07) is 7.95. The highest BCUT2D eigenvalue weighted by Crippen LogP contribution is 2.09. The van der Waals surface area contributed by atoms with E-state index in [1.807, 2.05) is 59.0 Å². The maximum atomic E-state index is 11.4. The molecule has 1 aromatic carbocycles. The summed E-state index contributed by atoms with van der Waals surface area (Å²) in [6.45, 7) is 10.8. The van der Waals surface area contributed by atoms with Gasteiger partial charge in [-0.3, -0.25) is 4.79 Å². The summed E-state index contributed by atoms with van der Waals surface area (Å²) >= 11 is 0. The fourth-order valence-electron chi connectivity index (χ4n) is 1.29. The number of amides is 1. The normalized spacial score (nSPS) is 8.53. The first-order chi connectivity index (χ1) is 9.26. The number of hydrogen-bond donors (Lipinski definition) is 2. The van der Waals surface area contributed by atoms with E-state index >= 15 is 0 Å². The van der Waals surface area contributed by atoms with Gasteiger partial charge in [0.15, 0.2) is 0 Å². The third-order valence-corrected chi connectivity index (χ3v) is 2.25. The average molecular weight is 266 g/mol. The van der Waals surface area contributed by atoms with Gasteiger partial charge in [0.05, 0.1) is 0 Å². The number of rotatable bonds is 5. The Balaban J connectivity index is 0. The lowest BCUT2D eigenvalue weighted by atomic mass is 10.1. The smallest absolute Gasteiger partial charge is 0.225 e. The standard InChI is InChI=1S/C12H18N2O.2C2H6/c1-3-10-4-6-11(7-5-10)14-12(15)8-9-13-2;2*1-2/h4-7,13H,3,8-9H2,1-2H3,(H,14,15);2*1-2H3. The summed E-state index contributed by atoms with van der Waals surface area (Å²) in [5, 5.41) is 5.79. The van der Waals surface area contributed by atoms with Crippen LogP contribution in [0.1, 0.15) is 46.6 Å². The van der Waals surface area contributed by atoms with Crippen LogP contribution in [-0.2, 0) is 11.2 Å². The minimum absolute atomic E-state index is 0.0496. The van der Waals surface area contributed by atoms with E-state index in [9.17, 15) is 4.79 Å². The van der Waals surface area contributed by atoms with Crippen molar-refractivity contribution in [1.29, 1.82) is 0 Å². The van der Waals surface area contributed by atoms with Crippen molar-refractivity contribution < 1.29 is 4.79 Å². The first kappa shape index (κ1) is 20.0. The summed E-state index contributed by atoms with van der Waals surface area (Å²) < 4.78 is 0. The van der Waals surface area contributed by atoms with Gasteiger partial charge in [-0.05, 0) is 31.2 Å². The van der Waals surface area contributed by atoms with Crippen LogP contribution < -0.4 is 10.6 Å². The van der Waals surface area contributed by atoms with Crippen LogP contribution in [0.25, 0.3) is 0 Å². The molecule has 0 atom stereocenters. The van der Waals surface area contributed by atoms with Crippen LogP contribution in [0.15, 0.2) is 24.3 Å². The average Bonchev–Trinajstić information content (AvgIpc) is 2.50. The minimum Gasteiger partial charge on any atom is -0.326 e. The van der Waals surface area contributed by atoms with Gasteiger partial charge in [0.2, 0.25) is 5.91 Å². The van der Waals surface area contributed by atoms with Gasteiger partial charge in [0.25, 0.3) is 0 Å². The van der Waals surface area contributed by atoms with Gasteiger partial charge in [-0.25, -0.2) is 0 Å². The minimum atomic E-state index is 0.0496. The zero-order chi connectivity index (χ0) is 15.1. The Labute approximate surface area is 118 Å². The third kappa shape index (κ3) is 10.3. The predicted octanol–water partition coefficient (Wildman–Crippen LogP) is 3.85. The molecule has 3 heteroatoms. The van der Waals surface area contributed by atoms with Crippen LogP contribution in [-0.4, -0.2) is 19.5 Å². The van der Waals surface area contributed by atoms with E-state index in [0.717, 1.165) is 12.1 Å². The molecule has 19 heavy (non-hydrogen) atoms. The second-order valence-electron chi connectivity index (χ2n) is 3.45. The molecule has 0 unspecified atom stereocenters. The summed E-state index contributed by atoms with van der Waals surface area (Å²) in [4.78, 5) is 11.4.